The number of carbonyl (C=O) groups is 2. The lowest BCUT2D eigenvalue weighted by Gasteiger charge is -2.49. The lowest BCUT2D eigenvalue weighted by Crippen LogP contribution is -2.61. The maximum absolute atomic E-state index is 13.7. The van der Waals surface area contributed by atoms with Crippen LogP contribution in [0.1, 0.15) is 45.1 Å². The quantitative estimate of drug-likeness (QED) is 0.446. The summed E-state index contributed by atoms with van der Waals surface area (Å²) in [6.07, 6.45) is 8.39. The van der Waals surface area contributed by atoms with Gasteiger partial charge in [-0.15, -0.1) is 0 Å². The van der Waals surface area contributed by atoms with E-state index in [9.17, 15) is 19.8 Å². The molecule has 2 fully saturated rings. The Balaban J connectivity index is 1.78. The lowest BCUT2D eigenvalue weighted by atomic mass is 9.59. The highest BCUT2D eigenvalue weighted by atomic mass is 16.6. The Morgan fingerprint density at radius 2 is 1.86 bits per heavy atom. The van der Waals surface area contributed by atoms with Crippen LogP contribution in [0, 0.1) is 23.7 Å². The smallest absolute Gasteiger partial charge is 0.331 e. The second kappa shape index (κ2) is 10.5. The molecule has 8 unspecified atom stereocenters. The van der Waals surface area contributed by atoms with Gasteiger partial charge in [-0.2, -0.15) is 0 Å². The van der Waals surface area contributed by atoms with Crippen molar-refractivity contribution in [2.45, 2.75) is 69.8 Å². The van der Waals surface area contributed by atoms with Crippen LogP contribution >= 0.6 is 0 Å². The Bertz CT molecular complexity index is 1000. The molecular weight excluding hydrogens is 442 g/mol. The number of aliphatic hydroxyl groups excluding tert-OH is 2. The van der Waals surface area contributed by atoms with Gasteiger partial charge >= 0.3 is 5.97 Å². The monoisotopic (exact) mass is 479 g/mol. The molecule has 3 N–H and O–H groups in total. The Morgan fingerprint density at radius 1 is 1.11 bits per heavy atom. The maximum Gasteiger partial charge on any atom is 0.331 e. The van der Waals surface area contributed by atoms with Crippen LogP contribution in [-0.2, 0) is 20.7 Å². The maximum atomic E-state index is 13.7. The molecule has 4 rings (SSSR count). The molecule has 6 nitrogen and oxygen atoms in total. The summed E-state index contributed by atoms with van der Waals surface area (Å²) < 4.78 is 6.05. The summed E-state index contributed by atoms with van der Waals surface area (Å²) in [5, 5.41) is 24.7. The summed E-state index contributed by atoms with van der Waals surface area (Å²) in [4.78, 5) is 26.8. The summed E-state index contributed by atoms with van der Waals surface area (Å²) >= 11 is 0. The third kappa shape index (κ3) is 5.00. The molecule has 8 atom stereocenters. The molecular formula is C29H37NO5. The fraction of sp³-hybridized carbons (Fsp3) is 0.517. The minimum absolute atomic E-state index is 0.262. The summed E-state index contributed by atoms with van der Waals surface area (Å²) in [7, 11) is 0. The van der Waals surface area contributed by atoms with Gasteiger partial charge in [0.15, 0.2) is 0 Å². The molecule has 1 aromatic carbocycles. The van der Waals surface area contributed by atoms with Crippen LogP contribution in [-0.4, -0.2) is 45.9 Å². The van der Waals surface area contributed by atoms with Crippen molar-refractivity contribution in [1.29, 1.82) is 0 Å². The van der Waals surface area contributed by atoms with Crippen molar-refractivity contribution < 1.29 is 24.5 Å². The van der Waals surface area contributed by atoms with Crippen molar-refractivity contribution >= 4 is 11.9 Å². The highest BCUT2D eigenvalue weighted by Crippen LogP contribution is 2.52. The standard InChI is InChI=1S/C29H37NO5/c1-18-9-7-13-22(31)15-16-25(32)35-29-23(14-8-10-18)27(33)20(3)19(2)26(29)24(30-28(29)34)17-21-11-5-4-6-12-21/h4-6,8,11-12,14-16,18-19,22-24,26-27,31,33H,3,7,9-10,13,17H2,1-2H3,(H,30,34)/b14-8-,16-15-. The third-order valence-electron chi connectivity index (χ3n) is 8.04. The van der Waals surface area contributed by atoms with E-state index in [1.807, 2.05) is 49.4 Å². The van der Waals surface area contributed by atoms with E-state index in [4.69, 9.17) is 4.74 Å². The van der Waals surface area contributed by atoms with E-state index < -0.39 is 35.6 Å². The van der Waals surface area contributed by atoms with Crippen molar-refractivity contribution in [3.05, 3.63) is 72.4 Å². The number of nitrogens with one attached hydrogen (secondary N) is 1. The first-order valence-electron chi connectivity index (χ1n) is 12.7. The van der Waals surface area contributed by atoms with Gasteiger partial charge in [0.05, 0.1) is 18.1 Å². The summed E-state index contributed by atoms with van der Waals surface area (Å²) in [6, 6.07) is 9.59. The molecule has 0 bridgehead atoms. The molecule has 2 aliphatic heterocycles. The number of hydrogen-bond acceptors (Lipinski definition) is 5. The van der Waals surface area contributed by atoms with Crippen molar-refractivity contribution in [3.8, 4) is 0 Å². The number of allylic oxidation sites excluding steroid dienone is 1. The van der Waals surface area contributed by atoms with Gasteiger partial charge in [0.1, 0.15) is 0 Å². The number of hydrogen-bond donors (Lipinski definition) is 3. The molecule has 35 heavy (non-hydrogen) atoms. The first-order chi connectivity index (χ1) is 16.7. The van der Waals surface area contributed by atoms with Crippen LogP contribution in [0.25, 0.3) is 0 Å². The topological polar surface area (TPSA) is 95.9 Å². The van der Waals surface area contributed by atoms with Gasteiger partial charge in [-0.3, -0.25) is 4.79 Å². The molecule has 0 radical (unpaired) electrons. The summed E-state index contributed by atoms with van der Waals surface area (Å²) in [5.74, 6) is -2.13. The zero-order valence-corrected chi connectivity index (χ0v) is 20.6. The highest BCUT2D eigenvalue weighted by molar-refractivity contribution is 5.94. The minimum atomic E-state index is -1.57. The van der Waals surface area contributed by atoms with Crippen molar-refractivity contribution in [1.82, 2.24) is 5.32 Å². The molecule has 1 saturated heterocycles. The summed E-state index contributed by atoms with van der Waals surface area (Å²) in [5.41, 5.74) is 0.136. The molecule has 1 amide bonds. The predicted octanol–water partition coefficient (Wildman–Crippen LogP) is 3.49. The second-order valence-electron chi connectivity index (χ2n) is 10.5. The largest absolute Gasteiger partial charge is 0.445 e. The average Bonchev–Trinajstić information content (AvgIpc) is 3.09. The van der Waals surface area contributed by atoms with Crippen molar-refractivity contribution in [3.63, 3.8) is 0 Å². The van der Waals surface area contributed by atoms with Crippen LogP contribution in [0.5, 0.6) is 0 Å². The zero-order valence-electron chi connectivity index (χ0n) is 20.6. The van der Waals surface area contributed by atoms with Gasteiger partial charge in [0, 0.05) is 18.0 Å². The molecule has 0 aromatic heterocycles. The van der Waals surface area contributed by atoms with E-state index in [0.29, 0.717) is 24.3 Å². The number of esters is 1. The van der Waals surface area contributed by atoms with Crippen LogP contribution < -0.4 is 5.32 Å². The van der Waals surface area contributed by atoms with E-state index in [0.717, 1.165) is 24.8 Å². The van der Waals surface area contributed by atoms with Gasteiger partial charge in [-0.1, -0.05) is 75.8 Å². The Labute approximate surface area is 207 Å². The fourth-order valence-electron chi connectivity index (χ4n) is 6.09. The Kier molecular flexibility index (Phi) is 7.62. The normalized spacial score (nSPS) is 40.0. The molecule has 188 valence electrons. The molecule has 1 aromatic rings. The van der Waals surface area contributed by atoms with E-state index in [1.165, 1.54) is 12.2 Å². The molecule has 3 aliphatic rings. The van der Waals surface area contributed by atoms with Gasteiger partial charge in [0.2, 0.25) is 5.60 Å². The van der Waals surface area contributed by atoms with Crippen LogP contribution in [0.3, 0.4) is 0 Å². The third-order valence-corrected chi connectivity index (χ3v) is 8.04. The van der Waals surface area contributed by atoms with E-state index in [2.05, 4.69) is 18.8 Å². The van der Waals surface area contributed by atoms with E-state index in [-0.39, 0.29) is 17.9 Å². The number of aliphatic hydroxyl groups is 2. The zero-order chi connectivity index (χ0) is 25.2. The number of rotatable bonds is 2. The lowest BCUT2D eigenvalue weighted by molar-refractivity contribution is -0.182. The molecule has 1 spiro atoms. The number of ether oxygens (including phenoxy) is 1. The first kappa shape index (κ1) is 25.4. The van der Waals surface area contributed by atoms with Gasteiger partial charge in [0.25, 0.3) is 5.91 Å². The second-order valence-corrected chi connectivity index (χ2v) is 10.5. The molecule has 1 aliphatic carbocycles. The van der Waals surface area contributed by atoms with Gasteiger partial charge < -0.3 is 20.3 Å². The SMILES string of the molecule is C=C1C(C)C2C(Cc3ccccc3)NC(=O)C23OC(=O)/C=C\C(O)CCCC(C)C/C=C\C3C1O. The Hall–Kier alpha value is -2.70. The first-order valence-corrected chi connectivity index (χ1v) is 12.7. The van der Waals surface area contributed by atoms with Crippen LogP contribution in [0.4, 0.5) is 0 Å². The minimum Gasteiger partial charge on any atom is -0.445 e. The highest BCUT2D eigenvalue weighted by Gasteiger charge is 2.67. The van der Waals surface area contributed by atoms with Crippen LogP contribution in [0.2, 0.25) is 0 Å². The van der Waals surface area contributed by atoms with Crippen molar-refractivity contribution in [2.75, 3.05) is 0 Å². The average molecular weight is 480 g/mol. The van der Waals surface area contributed by atoms with E-state index >= 15 is 0 Å². The molecule has 2 heterocycles. The summed E-state index contributed by atoms with van der Waals surface area (Å²) in [6.45, 7) is 8.27. The predicted molar refractivity (Wildman–Crippen MR) is 134 cm³/mol. The molecule has 1 saturated carbocycles. The van der Waals surface area contributed by atoms with Crippen molar-refractivity contribution in [2.24, 2.45) is 23.7 Å². The number of carbonyl (C=O) groups excluding carboxylic acids is 2. The number of amides is 1. The fourth-order valence-corrected chi connectivity index (χ4v) is 6.09. The van der Waals surface area contributed by atoms with Gasteiger partial charge in [-0.25, -0.2) is 4.79 Å². The van der Waals surface area contributed by atoms with Crippen LogP contribution in [0.15, 0.2) is 66.8 Å². The Morgan fingerprint density at radius 3 is 2.60 bits per heavy atom. The van der Waals surface area contributed by atoms with E-state index in [1.54, 1.807) is 0 Å². The number of benzene rings is 1. The van der Waals surface area contributed by atoms with Gasteiger partial charge in [-0.05, 0) is 48.3 Å². The molecule has 6 heteroatoms.